The third kappa shape index (κ3) is 3.65. The maximum atomic E-state index is 11.4. The van der Waals surface area contributed by atoms with E-state index >= 15 is 0 Å². The molecule has 2 atom stereocenters. The van der Waals surface area contributed by atoms with Crippen molar-refractivity contribution in [3.8, 4) is 0 Å². The first-order valence-corrected chi connectivity index (χ1v) is 8.25. The number of nitrogens with two attached hydrogens (primary N) is 2. The number of benzene rings is 1. The topological polar surface area (TPSA) is 113 Å². The number of aliphatic hydroxyl groups excluding tert-OH is 1. The first-order chi connectivity index (χ1) is 9.68. The van der Waals surface area contributed by atoms with Crippen LogP contribution in [0.15, 0.2) is 23.1 Å². The van der Waals surface area contributed by atoms with Crippen LogP contribution < -0.4 is 15.8 Å². The van der Waals surface area contributed by atoms with Crippen LogP contribution in [-0.2, 0) is 10.0 Å². The van der Waals surface area contributed by atoms with Gasteiger partial charge in [0.2, 0.25) is 10.0 Å². The number of hydrogen-bond donors (Lipinski definition) is 3. The smallest absolute Gasteiger partial charge is 0.240 e. The lowest BCUT2D eigenvalue weighted by molar-refractivity contribution is 0.191. The second-order valence-corrected chi connectivity index (χ2v) is 7.25. The average Bonchev–Trinajstić information content (AvgIpc) is 2.67. The van der Waals surface area contributed by atoms with Gasteiger partial charge in [0.25, 0.3) is 0 Å². The number of primary sulfonamides is 1. The third-order valence-electron chi connectivity index (χ3n) is 3.60. The Morgan fingerprint density at radius 1 is 1.43 bits per heavy atom. The highest BCUT2D eigenvalue weighted by atomic mass is 32.2. The summed E-state index contributed by atoms with van der Waals surface area (Å²) < 4.78 is 22.8. The summed E-state index contributed by atoms with van der Waals surface area (Å²) >= 11 is 0. The van der Waals surface area contributed by atoms with Crippen molar-refractivity contribution in [2.45, 2.75) is 23.5 Å². The van der Waals surface area contributed by atoms with Crippen LogP contribution in [0.25, 0.3) is 0 Å². The van der Waals surface area contributed by atoms with Gasteiger partial charge in [-0.1, -0.05) is 0 Å². The van der Waals surface area contributed by atoms with Crippen LogP contribution in [0, 0.1) is 0 Å². The summed E-state index contributed by atoms with van der Waals surface area (Å²) in [7, 11) is 0.129. The van der Waals surface area contributed by atoms with Gasteiger partial charge in [0.05, 0.1) is 11.8 Å². The lowest BCUT2D eigenvalue weighted by Gasteiger charge is -2.29. The van der Waals surface area contributed by atoms with E-state index in [4.69, 9.17) is 10.9 Å². The molecule has 8 heteroatoms. The molecule has 5 N–H and O–H groups in total. The molecule has 0 amide bonds. The second-order valence-electron chi connectivity index (χ2n) is 5.73. The fourth-order valence-corrected chi connectivity index (χ4v) is 3.42. The summed E-state index contributed by atoms with van der Waals surface area (Å²) in [4.78, 5) is 4.03. The van der Waals surface area contributed by atoms with Crippen LogP contribution in [0.3, 0.4) is 0 Å². The number of hydrogen-bond acceptors (Lipinski definition) is 6. The molecule has 1 aliphatic heterocycles. The van der Waals surface area contributed by atoms with E-state index in [1.165, 1.54) is 6.07 Å². The first-order valence-electron chi connectivity index (χ1n) is 6.70. The molecule has 0 spiro atoms. The molecule has 1 aliphatic rings. The molecule has 0 bridgehead atoms. The van der Waals surface area contributed by atoms with Crippen LogP contribution in [0.1, 0.15) is 6.42 Å². The molecule has 1 heterocycles. The van der Waals surface area contributed by atoms with Gasteiger partial charge in [0, 0.05) is 24.8 Å². The quantitative estimate of drug-likeness (QED) is 0.641. The Hall–Kier alpha value is -1.35. The Labute approximate surface area is 125 Å². The highest BCUT2D eigenvalue weighted by Gasteiger charge is 2.31. The molecule has 2 unspecified atom stereocenters. The Kier molecular flexibility index (Phi) is 4.43. The van der Waals surface area contributed by atoms with Crippen LogP contribution in [-0.4, -0.2) is 57.8 Å². The highest BCUT2D eigenvalue weighted by Crippen LogP contribution is 2.30. The monoisotopic (exact) mass is 314 g/mol. The number of likely N-dealkylation sites (N-methyl/N-ethyl adjacent to an activating group) is 1. The maximum Gasteiger partial charge on any atom is 0.240 e. The minimum absolute atomic E-state index is 0.0739. The van der Waals surface area contributed by atoms with E-state index in [0.717, 1.165) is 12.2 Å². The van der Waals surface area contributed by atoms with E-state index in [1.807, 2.05) is 19.0 Å². The van der Waals surface area contributed by atoms with Crippen molar-refractivity contribution in [2.24, 2.45) is 5.14 Å². The number of aliphatic hydroxyl groups is 1. The molecule has 1 aromatic rings. The van der Waals surface area contributed by atoms with Gasteiger partial charge in [0.15, 0.2) is 0 Å². The van der Waals surface area contributed by atoms with Crippen molar-refractivity contribution in [2.75, 3.05) is 37.8 Å². The molecule has 1 fully saturated rings. The fourth-order valence-electron chi connectivity index (χ4n) is 2.78. The minimum atomic E-state index is -3.82. The van der Waals surface area contributed by atoms with E-state index in [1.54, 1.807) is 12.1 Å². The van der Waals surface area contributed by atoms with Crippen molar-refractivity contribution in [3.05, 3.63) is 18.2 Å². The van der Waals surface area contributed by atoms with Crippen molar-refractivity contribution in [1.82, 2.24) is 4.90 Å². The fraction of sp³-hybridized carbons (Fsp3) is 0.538. The molecule has 1 aromatic carbocycles. The molecule has 0 aromatic heterocycles. The van der Waals surface area contributed by atoms with Gasteiger partial charge in [-0.2, -0.15) is 0 Å². The van der Waals surface area contributed by atoms with Crippen LogP contribution in [0.5, 0.6) is 0 Å². The predicted octanol–water partition coefficient (Wildman–Crippen LogP) is -0.583. The predicted molar refractivity (Wildman–Crippen MR) is 82.5 cm³/mol. The number of anilines is 2. The molecule has 0 aliphatic carbocycles. The Balaban J connectivity index is 2.31. The molecule has 118 valence electrons. The summed E-state index contributed by atoms with van der Waals surface area (Å²) in [5.74, 6) is 0. The standard InChI is InChI=1S/C13H22N4O3S/c1-16(2)7-10-5-11(18)8-17(10)9-3-4-13(12(14)6-9)21(15,19)20/h3-4,6,10-11,18H,5,7-8,14H2,1-2H3,(H2,15,19,20). The zero-order chi connectivity index (χ0) is 15.8. The summed E-state index contributed by atoms with van der Waals surface area (Å²) in [5.41, 5.74) is 6.72. The third-order valence-corrected chi connectivity index (χ3v) is 4.58. The number of rotatable bonds is 4. The molecular formula is C13H22N4O3S. The van der Waals surface area contributed by atoms with Crippen LogP contribution in [0.4, 0.5) is 11.4 Å². The summed E-state index contributed by atoms with van der Waals surface area (Å²) in [5, 5.41) is 15.0. The molecule has 0 radical (unpaired) electrons. The van der Waals surface area contributed by atoms with Crippen molar-refractivity contribution in [1.29, 1.82) is 0 Å². The number of nitrogens with zero attached hydrogens (tertiary/aromatic N) is 2. The minimum Gasteiger partial charge on any atom is -0.398 e. The average molecular weight is 314 g/mol. The van der Waals surface area contributed by atoms with Gasteiger partial charge >= 0.3 is 0 Å². The maximum absolute atomic E-state index is 11.4. The van der Waals surface area contributed by atoms with E-state index in [2.05, 4.69) is 4.90 Å². The lowest BCUT2D eigenvalue weighted by atomic mass is 10.2. The zero-order valence-electron chi connectivity index (χ0n) is 12.2. The molecule has 2 rings (SSSR count). The Morgan fingerprint density at radius 3 is 2.62 bits per heavy atom. The summed E-state index contributed by atoms with van der Waals surface area (Å²) in [6.45, 7) is 1.31. The largest absolute Gasteiger partial charge is 0.398 e. The van der Waals surface area contributed by atoms with Gasteiger partial charge in [-0.25, -0.2) is 13.6 Å². The van der Waals surface area contributed by atoms with Crippen molar-refractivity contribution in [3.63, 3.8) is 0 Å². The normalized spacial score (nSPS) is 23.0. The van der Waals surface area contributed by atoms with E-state index < -0.39 is 16.1 Å². The SMILES string of the molecule is CN(C)CC1CC(O)CN1c1ccc(S(N)(=O)=O)c(N)c1. The van der Waals surface area contributed by atoms with E-state index in [0.29, 0.717) is 13.0 Å². The molecule has 21 heavy (non-hydrogen) atoms. The Morgan fingerprint density at radius 2 is 2.10 bits per heavy atom. The first kappa shape index (κ1) is 16.0. The second kappa shape index (κ2) is 5.80. The van der Waals surface area contributed by atoms with Crippen LogP contribution in [0.2, 0.25) is 0 Å². The van der Waals surface area contributed by atoms with E-state index in [-0.39, 0.29) is 16.6 Å². The Bertz CT molecular complexity index is 618. The van der Waals surface area contributed by atoms with Gasteiger partial charge in [-0.15, -0.1) is 0 Å². The van der Waals surface area contributed by atoms with Gasteiger partial charge in [0.1, 0.15) is 4.90 Å². The van der Waals surface area contributed by atoms with Crippen LogP contribution >= 0.6 is 0 Å². The lowest BCUT2D eigenvalue weighted by Crippen LogP contribution is -2.37. The van der Waals surface area contributed by atoms with Gasteiger partial charge in [-0.05, 0) is 38.7 Å². The molecular weight excluding hydrogens is 292 g/mol. The van der Waals surface area contributed by atoms with Crippen molar-refractivity contribution < 1.29 is 13.5 Å². The van der Waals surface area contributed by atoms with Crippen molar-refractivity contribution >= 4 is 21.4 Å². The van der Waals surface area contributed by atoms with Gasteiger partial charge < -0.3 is 20.6 Å². The molecule has 7 nitrogen and oxygen atoms in total. The highest BCUT2D eigenvalue weighted by molar-refractivity contribution is 7.89. The summed E-state index contributed by atoms with van der Waals surface area (Å²) in [6.07, 6.45) is 0.281. The number of sulfonamides is 1. The molecule has 0 saturated carbocycles. The summed E-state index contributed by atoms with van der Waals surface area (Å²) in [6, 6.07) is 4.85. The van der Waals surface area contributed by atoms with Gasteiger partial charge in [-0.3, -0.25) is 0 Å². The molecule has 1 saturated heterocycles. The van der Waals surface area contributed by atoms with E-state index in [9.17, 15) is 13.5 Å². The number of nitrogen functional groups attached to an aromatic ring is 1. The number of β-amino-alcohol motifs (C(OH)–C–C–N with tert-alkyl or cyclic N) is 1. The zero-order valence-corrected chi connectivity index (χ0v) is 13.0.